The molecule has 0 spiro atoms. The summed E-state index contributed by atoms with van der Waals surface area (Å²) < 4.78 is 5.85. The Morgan fingerprint density at radius 2 is 2.09 bits per heavy atom. The fourth-order valence-corrected chi connectivity index (χ4v) is 2.76. The van der Waals surface area contributed by atoms with Crippen molar-refractivity contribution in [1.82, 2.24) is 9.88 Å². The van der Waals surface area contributed by atoms with E-state index in [2.05, 4.69) is 4.98 Å². The van der Waals surface area contributed by atoms with Crippen LogP contribution < -0.4 is 4.74 Å². The van der Waals surface area contributed by atoms with E-state index in [0.29, 0.717) is 23.9 Å². The van der Waals surface area contributed by atoms with Crippen molar-refractivity contribution in [3.05, 3.63) is 58.7 Å². The SMILES string of the molecule is Cc1ccc(OC2CCN(C(=O)Cc3ccc(Cl)cc3)C2)nc1. The van der Waals surface area contributed by atoms with Crippen molar-refractivity contribution in [2.75, 3.05) is 13.1 Å². The van der Waals surface area contributed by atoms with Gasteiger partial charge in [-0.1, -0.05) is 29.8 Å². The van der Waals surface area contributed by atoms with Gasteiger partial charge in [0.1, 0.15) is 6.10 Å². The van der Waals surface area contributed by atoms with Crippen molar-refractivity contribution in [3.63, 3.8) is 0 Å². The second-order valence-corrected chi connectivity index (χ2v) is 6.28. The van der Waals surface area contributed by atoms with E-state index in [1.807, 2.05) is 48.2 Å². The smallest absolute Gasteiger partial charge is 0.227 e. The number of nitrogens with zero attached hydrogens (tertiary/aromatic N) is 2. The molecular formula is C18H19ClN2O2. The van der Waals surface area contributed by atoms with Gasteiger partial charge in [0.2, 0.25) is 11.8 Å². The lowest BCUT2D eigenvalue weighted by Crippen LogP contribution is -2.32. The Labute approximate surface area is 141 Å². The van der Waals surface area contributed by atoms with E-state index < -0.39 is 0 Å². The van der Waals surface area contributed by atoms with Gasteiger partial charge in [-0.05, 0) is 30.2 Å². The van der Waals surface area contributed by atoms with Crippen LogP contribution in [-0.2, 0) is 11.2 Å². The number of pyridine rings is 1. The largest absolute Gasteiger partial charge is 0.472 e. The Morgan fingerprint density at radius 3 is 2.78 bits per heavy atom. The predicted octanol–water partition coefficient (Wildman–Crippen LogP) is 3.27. The molecule has 2 aromatic rings. The van der Waals surface area contributed by atoms with Gasteiger partial charge in [0.15, 0.2) is 0 Å². The Balaban J connectivity index is 1.53. The molecule has 3 rings (SSSR count). The van der Waals surface area contributed by atoms with Crippen LogP contribution in [0.4, 0.5) is 0 Å². The number of carbonyl (C=O) groups is 1. The molecule has 2 heterocycles. The fraction of sp³-hybridized carbons (Fsp3) is 0.333. The van der Waals surface area contributed by atoms with Crippen molar-refractivity contribution >= 4 is 17.5 Å². The van der Waals surface area contributed by atoms with Gasteiger partial charge in [-0.2, -0.15) is 0 Å². The highest BCUT2D eigenvalue weighted by molar-refractivity contribution is 6.30. The summed E-state index contributed by atoms with van der Waals surface area (Å²) in [6.07, 6.45) is 3.03. The van der Waals surface area contributed by atoms with Crippen LogP contribution in [0.15, 0.2) is 42.6 Å². The third-order valence-corrected chi connectivity index (χ3v) is 4.19. The van der Waals surface area contributed by atoms with Gasteiger partial charge in [0, 0.05) is 30.3 Å². The summed E-state index contributed by atoms with van der Waals surface area (Å²) in [6, 6.07) is 11.2. The summed E-state index contributed by atoms with van der Waals surface area (Å²) in [4.78, 5) is 18.5. The molecule has 1 unspecified atom stereocenters. The molecule has 1 atom stereocenters. The summed E-state index contributed by atoms with van der Waals surface area (Å²) >= 11 is 5.86. The van der Waals surface area contributed by atoms with E-state index in [-0.39, 0.29) is 12.0 Å². The van der Waals surface area contributed by atoms with E-state index in [1.54, 1.807) is 6.20 Å². The third-order valence-electron chi connectivity index (χ3n) is 3.94. The molecule has 1 aromatic carbocycles. The number of carbonyl (C=O) groups excluding carboxylic acids is 1. The first-order valence-corrected chi connectivity index (χ1v) is 8.09. The number of likely N-dealkylation sites (tertiary alicyclic amines) is 1. The molecule has 1 fully saturated rings. The summed E-state index contributed by atoms with van der Waals surface area (Å²) in [7, 11) is 0. The quantitative estimate of drug-likeness (QED) is 0.864. The Hall–Kier alpha value is -2.07. The second kappa shape index (κ2) is 7.01. The standard InChI is InChI=1S/C18H19ClN2O2/c1-13-2-7-17(20-11-13)23-16-8-9-21(12-16)18(22)10-14-3-5-15(19)6-4-14/h2-7,11,16H,8-10,12H2,1H3. The highest BCUT2D eigenvalue weighted by atomic mass is 35.5. The third kappa shape index (κ3) is 4.23. The minimum absolute atomic E-state index is 0.0133. The number of rotatable bonds is 4. The maximum absolute atomic E-state index is 12.4. The molecule has 0 aliphatic carbocycles. The molecule has 1 aromatic heterocycles. The number of aromatic nitrogens is 1. The lowest BCUT2D eigenvalue weighted by molar-refractivity contribution is -0.129. The van der Waals surface area contributed by atoms with E-state index in [4.69, 9.17) is 16.3 Å². The molecule has 0 radical (unpaired) electrons. The van der Waals surface area contributed by atoms with E-state index >= 15 is 0 Å². The van der Waals surface area contributed by atoms with Gasteiger partial charge in [-0.25, -0.2) is 4.98 Å². The van der Waals surface area contributed by atoms with Crippen LogP contribution >= 0.6 is 11.6 Å². The fourth-order valence-electron chi connectivity index (χ4n) is 2.63. The molecule has 0 N–H and O–H groups in total. The Kier molecular flexibility index (Phi) is 4.82. The van der Waals surface area contributed by atoms with Crippen molar-refractivity contribution < 1.29 is 9.53 Å². The molecule has 120 valence electrons. The topological polar surface area (TPSA) is 42.4 Å². The molecule has 0 saturated carbocycles. The van der Waals surface area contributed by atoms with Gasteiger partial charge in [-0.15, -0.1) is 0 Å². The zero-order chi connectivity index (χ0) is 16.2. The zero-order valence-electron chi connectivity index (χ0n) is 13.0. The number of amides is 1. The maximum Gasteiger partial charge on any atom is 0.227 e. The molecule has 1 aliphatic rings. The van der Waals surface area contributed by atoms with Crippen molar-refractivity contribution in [2.24, 2.45) is 0 Å². The van der Waals surface area contributed by atoms with Gasteiger partial charge >= 0.3 is 0 Å². The van der Waals surface area contributed by atoms with Crippen LogP contribution in [0.25, 0.3) is 0 Å². The molecule has 5 heteroatoms. The van der Waals surface area contributed by atoms with E-state index in [9.17, 15) is 4.79 Å². The summed E-state index contributed by atoms with van der Waals surface area (Å²) in [6.45, 7) is 3.33. The predicted molar refractivity (Wildman–Crippen MR) is 89.7 cm³/mol. The highest BCUT2D eigenvalue weighted by Gasteiger charge is 2.27. The minimum atomic E-state index is 0.0133. The lowest BCUT2D eigenvalue weighted by atomic mass is 10.1. The number of benzene rings is 1. The van der Waals surface area contributed by atoms with Crippen LogP contribution in [0.1, 0.15) is 17.5 Å². The zero-order valence-corrected chi connectivity index (χ0v) is 13.8. The molecule has 1 saturated heterocycles. The first-order chi connectivity index (χ1) is 11.1. The van der Waals surface area contributed by atoms with Crippen LogP contribution in [0.3, 0.4) is 0 Å². The molecule has 4 nitrogen and oxygen atoms in total. The van der Waals surface area contributed by atoms with Crippen LogP contribution in [0.2, 0.25) is 5.02 Å². The molecular weight excluding hydrogens is 312 g/mol. The number of hydrogen-bond acceptors (Lipinski definition) is 3. The number of halogens is 1. The van der Waals surface area contributed by atoms with Gasteiger partial charge in [-0.3, -0.25) is 4.79 Å². The maximum atomic E-state index is 12.4. The van der Waals surface area contributed by atoms with Crippen LogP contribution in [-0.4, -0.2) is 35.0 Å². The van der Waals surface area contributed by atoms with Crippen LogP contribution in [0.5, 0.6) is 5.88 Å². The van der Waals surface area contributed by atoms with Crippen LogP contribution in [0, 0.1) is 6.92 Å². The average Bonchev–Trinajstić information content (AvgIpc) is 3.00. The summed E-state index contributed by atoms with van der Waals surface area (Å²) in [5.41, 5.74) is 2.08. The number of ether oxygens (including phenoxy) is 1. The van der Waals surface area contributed by atoms with Crippen molar-refractivity contribution in [3.8, 4) is 5.88 Å². The molecule has 0 bridgehead atoms. The van der Waals surface area contributed by atoms with Gasteiger partial charge in [0.25, 0.3) is 0 Å². The second-order valence-electron chi connectivity index (χ2n) is 5.85. The average molecular weight is 331 g/mol. The highest BCUT2D eigenvalue weighted by Crippen LogP contribution is 2.18. The lowest BCUT2D eigenvalue weighted by Gasteiger charge is -2.17. The number of aryl methyl sites for hydroxylation is 1. The van der Waals surface area contributed by atoms with Gasteiger partial charge in [0.05, 0.1) is 13.0 Å². The van der Waals surface area contributed by atoms with Gasteiger partial charge < -0.3 is 9.64 Å². The molecule has 1 aliphatic heterocycles. The first kappa shape index (κ1) is 15.8. The minimum Gasteiger partial charge on any atom is -0.472 e. The first-order valence-electron chi connectivity index (χ1n) is 7.72. The molecule has 1 amide bonds. The number of hydrogen-bond donors (Lipinski definition) is 0. The normalized spacial score (nSPS) is 17.3. The van der Waals surface area contributed by atoms with E-state index in [1.165, 1.54) is 0 Å². The monoisotopic (exact) mass is 330 g/mol. The van der Waals surface area contributed by atoms with Crippen molar-refractivity contribution in [2.45, 2.75) is 25.9 Å². The Morgan fingerprint density at radius 1 is 1.30 bits per heavy atom. The Bertz CT molecular complexity index is 670. The summed E-state index contributed by atoms with van der Waals surface area (Å²) in [5.74, 6) is 0.739. The summed E-state index contributed by atoms with van der Waals surface area (Å²) in [5, 5.41) is 0.682. The van der Waals surface area contributed by atoms with Crippen molar-refractivity contribution in [1.29, 1.82) is 0 Å². The molecule has 23 heavy (non-hydrogen) atoms. The van der Waals surface area contributed by atoms with E-state index in [0.717, 1.165) is 24.1 Å².